The number of likely N-dealkylation sites (tertiary alicyclic amines) is 1. The highest BCUT2D eigenvalue weighted by molar-refractivity contribution is 5.78. The van der Waals surface area contributed by atoms with Gasteiger partial charge in [0.25, 0.3) is 0 Å². The molecule has 1 N–H and O–H groups in total. The molecule has 4 rings (SSSR count). The zero-order valence-electron chi connectivity index (χ0n) is 12.7. The molecule has 114 valence electrons. The molecule has 1 saturated heterocycles. The van der Waals surface area contributed by atoms with Gasteiger partial charge in [0.1, 0.15) is 5.82 Å². The number of hydrogen-bond donors (Lipinski definition) is 1. The molecule has 1 aliphatic heterocycles. The molecule has 0 spiro atoms. The normalized spacial score (nSPS) is 21.1. The smallest absolute Gasteiger partial charge is 0.223 e. The lowest BCUT2D eigenvalue weighted by Crippen LogP contribution is -2.28. The van der Waals surface area contributed by atoms with Crippen LogP contribution >= 0.6 is 0 Å². The second kappa shape index (κ2) is 4.93. The summed E-state index contributed by atoms with van der Waals surface area (Å²) in [4.78, 5) is 18.5. The van der Waals surface area contributed by atoms with Crippen LogP contribution in [-0.4, -0.2) is 32.5 Å². The molecule has 1 amide bonds. The molecule has 2 aromatic rings. The van der Waals surface area contributed by atoms with Gasteiger partial charge in [0.05, 0.1) is 11.5 Å². The van der Waals surface area contributed by atoms with E-state index < -0.39 is 0 Å². The first-order valence-corrected chi connectivity index (χ1v) is 7.98. The minimum atomic E-state index is -0.0252. The molecular formula is C17H20N4O. The number of aromatic nitrogens is 3. The molecule has 22 heavy (non-hydrogen) atoms. The average Bonchev–Trinajstić information content (AvgIpc) is 3.01. The van der Waals surface area contributed by atoms with Gasteiger partial charge in [0.2, 0.25) is 5.91 Å². The van der Waals surface area contributed by atoms with Crippen molar-refractivity contribution in [2.24, 2.45) is 0 Å². The first-order chi connectivity index (χ1) is 10.7. The maximum atomic E-state index is 11.9. The molecule has 1 aliphatic carbocycles. The van der Waals surface area contributed by atoms with Crippen LogP contribution in [0.4, 0.5) is 0 Å². The van der Waals surface area contributed by atoms with E-state index in [1.807, 2.05) is 17.9 Å². The van der Waals surface area contributed by atoms with E-state index in [0.717, 1.165) is 37.5 Å². The molecule has 2 heterocycles. The van der Waals surface area contributed by atoms with Crippen molar-refractivity contribution in [1.29, 1.82) is 0 Å². The van der Waals surface area contributed by atoms with Crippen molar-refractivity contribution in [2.75, 3.05) is 6.54 Å². The first kappa shape index (κ1) is 13.5. The molecule has 0 radical (unpaired) electrons. The molecule has 2 aliphatic rings. The number of nitrogens with one attached hydrogen (secondary N) is 1. The Bertz CT molecular complexity index is 690. The molecule has 0 bridgehead atoms. The number of hydrogen-bond acceptors (Lipinski definition) is 3. The Morgan fingerprint density at radius 3 is 2.68 bits per heavy atom. The average molecular weight is 296 g/mol. The van der Waals surface area contributed by atoms with Crippen LogP contribution in [0.1, 0.15) is 55.9 Å². The number of H-pyrrole nitrogens is 1. The Hall–Kier alpha value is -2.17. The van der Waals surface area contributed by atoms with Gasteiger partial charge in [-0.2, -0.15) is 5.10 Å². The number of amides is 1. The number of carbonyl (C=O) groups is 1. The Kier molecular flexibility index (Phi) is 3.03. The van der Waals surface area contributed by atoms with E-state index in [-0.39, 0.29) is 17.4 Å². The molecule has 1 saturated carbocycles. The summed E-state index contributed by atoms with van der Waals surface area (Å²) >= 11 is 0. The topological polar surface area (TPSA) is 61.9 Å². The number of carbonyl (C=O) groups excluding carboxylic acids is 1. The predicted octanol–water partition coefficient (Wildman–Crippen LogP) is 2.57. The summed E-state index contributed by atoms with van der Waals surface area (Å²) in [5.41, 5.74) is 1.26. The van der Waals surface area contributed by atoms with Crippen LogP contribution < -0.4 is 0 Å². The summed E-state index contributed by atoms with van der Waals surface area (Å²) < 4.78 is 0. The van der Waals surface area contributed by atoms with E-state index >= 15 is 0 Å². The van der Waals surface area contributed by atoms with Gasteiger partial charge < -0.3 is 4.90 Å². The minimum absolute atomic E-state index is 0.0231. The quantitative estimate of drug-likeness (QED) is 0.943. The van der Waals surface area contributed by atoms with Crippen LogP contribution in [0, 0.1) is 0 Å². The zero-order chi connectivity index (χ0) is 15.2. The third-order valence-corrected chi connectivity index (χ3v) is 4.98. The van der Waals surface area contributed by atoms with Crippen LogP contribution in [0.15, 0.2) is 30.3 Å². The molecule has 5 heteroatoms. The number of rotatable bonds is 4. The Labute approximate surface area is 129 Å². The van der Waals surface area contributed by atoms with Gasteiger partial charge in [0, 0.05) is 13.0 Å². The van der Waals surface area contributed by atoms with Gasteiger partial charge in [-0.15, -0.1) is 0 Å². The summed E-state index contributed by atoms with van der Waals surface area (Å²) in [5.74, 6) is 1.88. The van der Waals surface area contributed by atoms with Crippen LogP contribution in [-0.2, 0) is 10.2 Å². The van der Waals surface area contributed by atoms with Crippen LogP contribution in [0.2, 0.25) is 0 Å². The predicted molar refractivity (Wildman–Crippen MR) is 82.2 cm³/mol. The Morgan fingerprint density at radius 2 is 2.05 bits per heavy atom. The third kappa shape index (κ3) is 2.03. The second-order valence-electron chi connectivity index (χ2n) is 6.36. The van der Waals surface area contributed by atoms with E-state index in [2.05, 4.69) is 34.5 Å². The van der Waals surface area contributed by atoms with Crippen molar-refractivity contribution < 1.29 is 4.79 Å². The third-order valence-electron chi connectivity index (χ3n) is 4.98. The van der Waals surface area contributed by atoms with E-state index in [0.29, 0.717) is 6.42 Å². The highest BCUT2D eigenvalue weighted by Crippen LogP contribution is 2.52. The van der Waals surface area contributed by atoms with E-state index in [4.69, 9.17) is 4.98 Å². The van der Waals surface area contributed by atoms with Crippen molar-refractivity contribution in [3.05, 3.63) is 47.5 Å². The number of benzene rings is 1. The van der Waals surface area contributed by atoms with Crippen LogP contribution in [0.3, 0.4) is 0 Å². The summed E-state index contributed by atoms with van der Waals surface area (Å²) in [6.45, 7) is 2.84. The lowest BCUT2D eigenvalue weighted by atomic mass is 9.95. The maximum absolute atomic E-state index is 11.9. The molecule has 1 aromatic carbocycles. The summed E-state index contributed by atoms with van der Waals surface area (Å²) in [6.07, 6.45) is 3.77. The second-order valence-corrected chi connectivity index (χ2v) is 6.36. The van der Waals surface area contributed by atoms with Crippen LogP contribution in [0.5, 0.6) is 0 Å². The molecule has 1 aromatic heterocycles. The van der Waals surface area contributed by atoms with Gasteiger partial charge in [-0.05, 0) is 31.7 Å². The summed E-state index contributed by atoms with van der Waals surface area (Å²) in [6, 6.07) is 10.4. The fourth-order valence-electron chi connectivity index (χ4n) is 3.42. The van der Waals surface area contributed by atoms with E-state index in [1.165, 1.54) is 5.56 Å². The van der Waals surface area contributed by atoms with Gasteiger partial charge in [-0.1, -0.05) is 30.3 Å². The van der Waals surface area contributed by atoms with Crippen LogP contribution in [0.25, 0.3) is 0 Å². The van der Waals surface area contributed by atoms with Crippen molar-refractivity contribution in [3.63, 3.8) is 0 Å². The summed E-state index contributed by atoms with van der Waals surface area (Å²) in [5, 5.41) is 7.53. The molecule has 2 fully saturated rings. The molecule has 1 atom stereocenters. The van der Waals surface area contributed by atoms with Gasteiger partial charge in [-0.25, -0.2) is 4.98 Å². The first-order valence-electron chi connectivity index (χ1n) is 7.98. The van der Waals surface area contributed by atoms with E-state index in [9.17, 15) is 4.79 Å². The minimum Gasteiger partial charge on any atom is -0.333 e. The van der Waals surface area contributed by atoms with Crippen molar-refractivity contribution >= 4 is 5.91 Å². The monoisotopic (exact) mass is 296 g/mol. The highest BCUT2D eigenvalue weighted by Gasteiger charge is 2.49. The molecular weight excluding hydrogens is 276 g/mol. The largest absolute Gasteiger partial charge is 0.333 e. The lowest BCUT2D eigenvalue weighted by molar-refractivity contribution is -0.129. The van der Waals surface area contributed by atoms with Crippen molar-refractivity contribution in [3.8, 4) is 0 Å². The highest BCUT2D eigenvalue weighted by atomic mass is 16.2. The lowest BCUT2D eigenvalue weighted by Gasteiger charge is -2.21. The van der Waals surface area contributed by atoms with Gasteiger partial charge in [0.15, 0.2) is 5.82 Å². The van der Waals surface area contributed by atoms with Crippen molar-refractivity contribution in [1.82, 2.24) is 20.1 Å². The zero-order valence-corrected chi connectivity index (χ0v) is 12.7. The van der Waals surface area contributed by atoms with Crippen molar-refractivity contribution in [2.45, 2.75) is 44.1 Å². The molecule has 1 unspecified atom stereocenters. The number of aromatic amines is 1. The molecule has 5 nitrogen and oxygen atoms in total. The maximum Gasteiger partial charge on any atom is 0.223 e. The summed E-state index contributed by atoms with van der Waals surface area (Å²) in [7, 11) is 0. The fourth-order valence-corrected chi connectivity index (χ4v) is 3.42. The SMILES string of the molecule is CC(c1nc(C2(c3ccccc3)CC2)n[nH]1)N1CCCC1=O. The number of nitrogens with zero attached hydrogens (tertiary/aromatic N) is 3. The Balaban J connectivity index is 1.61. The Morgan fingerprint density at radius 1 is 1.27 bits per heavy atom. The standard InChI is InChI=1S/C17H20N4O/c1-12(21-11-5-8-14(21)22)15-18-16(20-19-15)17(9-10-17)13-6-3-2-4-7-13/h2-4,6-7,12H,5,8-11H2,1H3,(H,18,19,20). The fraction of sp³-hybridized carbons (Fsp3) is 0.471. The van der Waals surface area contributed by atoms with E-state index in [1.54, 1.807) is 0 Å². The van der Waals surface area contributed by atoms with Gasteiger partial charge in [-0.3, -0.25) is 9.89 Å². The van der Waals surface area contributed by atoms with Gasteiger partial charge >= 0.3 is 0 Å².